The van der Waals surface area contributed by atoms with E-state index >= 15 is 0 Å². The van der Waals surface area contributed by atoms with E-state index in [4.69, 9.17) is 27.0 Å². The van der Waals surface area contributed by atoms with Gasteiger partial charge in [0, 0.05) is 0 Å². The van der Waals surface area contributed by atoms with Crippen LogP contribution in [-0.4, -0.2) is 26.4 Å². The Morgan fingerprint density at radius 3 is 1.96 bits per heavy atom. The normalized spacial score (nSPS) is 19.2. The zero-order chi connectivity index (χ0) is 17.0. The van der Waals surface area contributed by atoms with Crippen molar-refractivity contribution in [3.05, 3.63) is 59.7 Å². The van der Waals surface area contributed by atoms with E-state index in [1.807, 2.05) is 48.5 Å². The fraction of sp³-hybridized carbons (Fsp3) is 0.250. The molecule has 0 spiro atoms. The van der Waals surface area contributed by atoms with Gasteiger partial charge in [-0.25, -0.2) is 0 Å². The first-order chi connectivity index (χ1) is 10.4. The van der Waals surface area contributed by atoms with Crippen molar-refractivity contribution in [2.24, 2.45) is 0 Å². The van der Waals surface area contributed by atoms with Crippen molar-refractivity contribution in [2.75, 3.05) is 13.2 Å². The van der Waals surface area contributed by atoms with Crippen molar-refractivity contribution in [1.82, 2.24) is 0 Å². The molecule has 3 rings (SSSR count). The fourth-order valence-electron chi connectivity index (χ4n) is 3.78. The third-order valence-electron chi connectivity index (χ3n) is 4.60. The summed E-state index contributed by atoms with van der Waals surface area (Å²) in [6.07, 6.45) is 0. The number of hydrogen-bond donors (Lipinski definition) is 1. The molecule has 0 aromatic heterocycles. The first-order valence-electron chi connectivity index (χ1n) is 7.66. The van der Waals surface area contributed by atoms with Crippen LogP contribution in [0.15, 0.2) is 48.5 Å². The molecule has 0 saturated carbocycles. The van der Waals surface area contributed by atoms with E-state index in [-0.39, 0.29) is 21.3 Å². The second kappa shape index (κ2) is 4.25. The Morgan fingerprint density at radius 1 is 1.09 bits per heavy atom. The molecule has 0 fully saturated rings. The Bertz CT molecular complexity index is 869. The van der Waals surface area contributed by atoms with Crippen LogP contribution in [0, 0.1) is 0 Å². The second-order valence-electron chi connectivity index (χ2n) is 7.75. The molecule has 0 heterocycles. The summed E-state index contributed by atoms with van der Waals surface area (Å²) in [6, 6.07) is 15.4. The molecule has 0 atom stereocenters. The summed E-state index contributed by atoms with van der Waals surface area (Å²) in [5.74, 6) is 0. The Labute approximate surface area is 141 Å². The molecule has 2 aromatic carbocycles. The van der Waals surface area contributed by atoms with Gasteiger partial charge >= 0.3 is 142 Å². The first-order valence-corrected chi connectivity index (χ1v) is 21.4. The van der Waals surface area contributed by atoms with Crippen molar-refractivity contribution < 1.29 is 22.0 Å². The molecule has 0 bridgehead atoms. The molecule has 0 amide bonds. The van der Waals surface area contributed by atoms with Crippen LogP contribution in [0.4, 0.5) is 0 Å². The molecule has 1 aliphatic rings. The van der Waals surface area contributed by atoms with Gasteiger partial charge in [0.05, 0.1) is 0 Å². The average Bonchev–Trinajstić information content (AvgIpc) is 2.80. The summed E-state index contributed by atoms with van der Waals surface area (Å²) in [5.41, 5.74) is 3.59. The van der Waals surface area contributed by atoms with Crippen LogP contribution in [0.2, 0.25) is 5.23 Å². The number of aliphatic hydroxyl groups is 1. The molecule has 1 N–H and O–H groups in total. The molecule has 7 heteroatoms. The van der Waals surface area contributed by atoms with Crippen LogP contribution < -0.4 is 0 Å². The van der Waals surface area contributed by atoms with E-state index in [1.54, 1.807) is 0 Å². The van der Waals surface area contributed by atoms with Gasteiger partial charge in [0.15, 0.2) is 0 Å². The monoisotopic (exact) mass is 406 g/mol. The number of benzene rings is 2. The minimum absolute atomic E-state index is 0.0602. The summed E-state index contributed by atoms with van der Waals surface area (Å²) in [4.78, 5) is 0. The molecule has 0 saturated heterocycles. The minimum atomic E-state index is -6.59. The maximum atomic E-state index is 14.4. The second-order valence-corrected chi connectivity index (χ2v) is 52.4. The van der Waals surface area contributed by atoms with Crippen LogP contribution >= 0.6 is 18.6 Å². The van der Waals surface area contributed by atoms with Gasteiger partial charge in [-0.3, -0.25) is 0 Å². The summed E-state index contributed by atoms with van der Waals surface area (Å²) in [6.45, 7) is -0.451. The molecule has 2 aromatic rings. The van der Waals surface area contributed by atoms with Crippen molar-refractivity contribution >= 4 is 26.7 Å². The molecule has 3 nitrogen and oxygen atoms in total. The predicted octanol–water partition coefficient (Wildman–Crippen LogP) is 3.42. The van der Waals surface area contributed by atoms with Crippen molar-refractivity contribution in [1.29, 1.82) is 0 Å². The van der Waals surface area contributed by atoms with E-state index in [0.29, 0.717) is 0 Å². The van der Waals surface area contributed by atoms with Gasteiger partial charge in [-0.1, -0.05) is 0 Å². The molecular weight excluding hydrogens is 387 g/mol. The molecule has 0 radical (unpaired) electrons. The standard InChI is InChI=1S/C13H9.C2H5O2.CH3.2ClH.O.H3Si.Ti/c1-3-7-12-10(5-1)9-11-6-2-4-8-13(11)12;3-1-2-4;;;;;;/h1-9H;3H,1-2H2;1H3;2*1H;;1H3;/q;-1;;;;;;+3/p-2. The topological polar surface area (TPSA) is 46.5 Å². The van der Waals surface area contributed by atoms with Crippen LogP contribution in [0.3, 0.4) is 0 Å². The van der Waals surface area contributed by atoms with E-state index in [1.165, 1.54) is 5.23 Å². The Kier molecular flexibility index (Phi) is 3.23. The number of hydrogen-bond acceptors (Lipinski definition) is 3. The SMILES string of the molecule is [CH3][Ti](=[O])([SiH3])([Cl])([Cl])([O]CCO)[CH]1c2ccccc2-c2ccccc21. The van der Waals surface area contributed by atoms with Crippen molar-refractivity contribution in [2.45, 2.75) is 9.45 Å². The predicted molar refractivity (Wildman–Crippen MR) is 95.0 cm³/mol. The van der Waals surface area contributed by atoms with E-state index in [0.717, 1.165) is 22.3 Å². The van der Waals surface area contributed by atoms with Crippen molar-refractivity contribution in [3.8, 4) is 11.1 Å². The Balaban J connectivity index is 2.39. The van der Waals surface area contributed by atoms with Gasteiger partial charge in [0.1, 0.15) is 0 Å². The van der Waals surface area contributed by atoms with Gasteiger partial charge in [-0.2, -0.15) is 0 Å². The number of halogens is 2. The molecular formula is C16H20Cl2O3SiTi. The summed E-state index contributed by atoms with van der Waals surface area (Å²) < 4.78 is 19.3. The fourth-order valence-corrected chi connectivity index (χ4v) is 15.6. The number of rotatable bonds is 4. The van der Waals surface area contributed by atoms with Gasteiger partial charge in [0.2, 0.25) is 0 Å². The summed E-state index contributed by atoms with van der Waals surface area (Å²) in [5, 5.41) is 10.6. The van der Waals surface area contributed by atoms with Crippen LogP contribution in [0.5, 0.6) is 0 Å². The van der Waals surface area contributed by atoms with Crippen LogP contribution in [0.1, 0.15) is 15.3 Å². The summed E-state index contributed by atoms with van der Waals surface area (Å²) >= 11 is 0. The van der Waals surface area contributed by atoms with Crippen LogP contribution in [-0.2, 0) is 16.9 Å². The van der Waals surface area contributed by atoms with Gasteiger partial charge in [0.25, 0.3) is 0 Å². The van der Waals surface area contributed by atoms with E-state index in [9.17, 15) is 3.32 Å². The molecule has 124 valence electrons. The van der Waals surface area contributed by atoms with Gasteiger partial charge < -0.3 is 0 Å². The quantitative estimate of drug-likeness (QED) is 0.791. The van der Waals surface area contributed by atoms with Crippen LogP contribution in [0.25, 0.3) is 11.1 Å². The van der Waals surface area contributed by atoms with Gasteiger partial charge in [-0.15, -0.1) is 0 Å². The average molecular weight is 407 g/mol. The molecule has 0 unspecified atom stereocenters. The van der Waals surface area contributed by atoms with Crippen molar-refractivity contribution in [3.63, 3.8) is 0 Å². The van der Waals surface area contributed by atoms with Gasteiger partial charge in [-0.05, 0) is 0 Å². The first kappa shape index (κ1) is 17.5. The third kappa shape index (κ3) is 2.91. The van der Waals surface area contributed by atoms with E-state index in [2.05, 4.69) is 0 Å². The maximum absolute atomic E-state index is 14.4. The Morgan fingerprint density at radius 2 is 1.52 bits per heavy atom. The zero-order valence-corrected chi connectivity index (χ0v) is 18.2. The zero-order valence-electron chi connectivity index (χ0n) is 13.1. The number of aliphatic hydroxyl groups excluding tert-OH is 1. The molecule has 0 aliphatic heterocycles. The number of fused-ring (bicyclic) bond motifs is 3. The summed E-state index contributed by atoms with van der Waals surface area (Å²) in [7, 11) is 7.07. The molecule has 1 aliphatic carbocycles. The van der Waals surface area contributed by atoms with E-state index < -0.39 is 14.5 Å². The molecule has 23 heavy (non-hydrogen) atoms. The Hall–Kier alpha value is -0.329. The third-order valence-corrected chi connectivity index (χ3v) is 17.1.